The summed E-state index contributed by atoms with van der Waals surface area (Å²) in [4.78, 5) is 24.9. The van der Waals surface area contributed by atoms with Crippen LogP contribution in [0.25, 0.3) is 0 Å². The number of nitrogens with one attached hydrogen (secondary N) is 2. The first-order valence-electron chi connectivity index (χ1n) is 10.1. The van der Waals surface area contributed by atoms with Gasteiger partial charge in [0.2, 0.25) is 11.8 Å². The van der Waals surface area contributed by atoms with Crippen LogP contribution >= 0.6 is 0 Å². The molecule has 2 aromatic carbocycles. The Morgan fingerprint density at radius 3 is 2.38 bits per heavy atom. The van der Waals surface area contributed by atoms with E-state index in [1.54, 1.807) is 6.07 Å². The van der Waals surface area contributed by atoms with Gasteiger partial charge in [-0.1, -0.05) is 25.0 Å². The monoisotopic (exact) mass is 394 g/mol. The Bertz CT molecular complexity index is 948. The number of amides is 2. The first-order valence-corrected chi connectivity index (χ1v) is 10.1. The van der Waals surface area contributed by atoms with Crippen molar-refractivity contribution in [1.29, 1.82) is 0 Å². The number of aryl methyl sites for hydroxylation is 1. The molecule has 2 aliphatic rings. The summed E-state index contributed by atoms with van der Waals surface area (Å²) in [5, 5.41) is 5.89. The molecule has 4 rings (SSSR count). The number of anilines is 2. The Hall–Kier alpha value is -3.02. The summed E-state index contributed by atoms with van der Waals surface area (Å²) in [6.45, 7) is 4.46. The van der Waals surface area contributed by atoms with Gasteiger partial charge in [-0.2, -0.15) is 0 Å². The smallest absolute Gasteiger partial charge is 0.235 e. The average Bonchev–Trinajstić information content (AvgIpc) is 3.21. The molecule has 1 saturated carbocycles. The summed E-state index contributed by atoms with van der Waals surface area (Å²) in [6, 6.07) is 11.4. The lowest BCUT2D eigenvalue weighted by Crippen LogP contribution is -2.38. The van der Waals surface area contributed by atoms with Gasteiger partial charge in [-0.15, -0.1) is 0 Å². The molecule has 2 amide bonds. The van der Waals surface area contributed by atoms with Crippen molar-refractivity contribution in [3.05, 3.63) is 47.5 Å². The van der Waals surface area contributed by atoms with Crippen LogP contribution in [0.15, 0.2) is 36.4 Å². The zero-order chi connectivity index (χ0) is 20.4. The van der Waals surface area contributed by atoms with E-state index in [0.29, 0.717) is 30.3 Å². The fraction of sp³-hybridized carbons (Fsp3) is 0.391. The van der Waals surface area contributed by atoms with E-state index in [0.717, 1.165) is 42.6 Å². The molecule has 0 saturated heterocycles. The van der Waals surface area contributed by atoms with Gasteiger partial charge in [0.05, 0.1) is 5.41 Å². The second-order valence-corrected chi connectivity index (χ2v) is 7.81. The largest absolute Gasteiger partial charge is 0.486 e. The van der Waals surface area contributed by atoms with Gasteiger partial charge in [-0.05, 0) is 55.2 Å². The Kier molecular flexibility index (Phi) is 5.18. The number of fused-ring (bicyclic) bond motifs is 1. The predicted molar refractivity (Wildman–Crippen MR) is 112 cm³/mol. The average molecular weight is 394 g/mol. The molecular weight excluding hydrogens is 368 g/mol. The van der Waals surface area contributed by atoms with Crippen LogP contribution in [-0.2, 0) is 15.0 Å². The molecule has 0 atom stereocenters. The highest BCUT2D eigenvalue weighted by Crippen LogP contribution is 2.45. The SMILES string of the molecule is CC(=O)Nc1cc(NC(=O)C2(c3ccc4c(c3)OCCO4)CCCC2)ccc1C. The molecule has 6 heteroatoms. The van der Waals surface area contributed by atoms with E-state index in [4.69, 9.17) is 9.47 Å². The van der Waals surface area contributed by atoms with E-state index >= 15 is 0 Å². The molecule has 0 aromatic heterocycles. The summed E-state index contributed by atoms with van der Waals surface area (Å²) in [5.74, 6) is 1.27. The molecule has 2 aromatic rings. The van der Waals surface area contributed by atoms with Gasteiger partial charge >= 0.3 is 0 Å². The van der Waals surface area contributed by atoms with Crippen molar-refractivity contribution >= 4 is 23.2 Å². The third-order valence-corrected chi connectivity index (χ3v) is 5.79. The molecule has 6 nitrogen and oxygen atoms in total. The fourth-order valence-corrected chi connectivity index (χ4v) is 4.24. The summed E-state index contributed by atoms with van der Waals surface area (Å²) >= 11 is 0. The van der Waals surface area contributed by atoms with Gasteiger partial charge in [0.25, 0.3) is 0 Å². The Morgan fingerprint density at radius 1 is 0.931 bits per heavy atom. The number of benzene rings is 2. The lowest BCUT2D eigenvalue weighted by molar-refractivity contribution is -0.121. The normalized spacial score (nSPS) is 16.9. The van der Waals surface area contributed by atoms with E-state index in [-0.39, 0.29) is 11.8 Å². The molecule has 0 spiro atoms. The van der Waals surface area contributed by atoms with Gasteiger partial charge in [0, 0.05) is 18.3 Å². The quantitative estimate of drug-likeness (QED) is 0.816. The topological polar surface area (TPSA) is 76.7 Å². The van der Waals surface area contributed by atoms with Crippen molar-refractivity contribution < 1.29 is 19.1 Å². The standard InChI is InChI=1S/C23H26N2O4/c1-15-5-7-18(14-19(15)24-16(2)26)25-22(27)23(9-3-4-10-23)17-6-8-20-21(13-17)29-12-11-28-20/h5-8,13-14H,3-4,9-12H2,1-2H3,(H,24,26)(H,25,27). The Labute approximate surface area is 170 Å². The second kappa shape index (κ2) is 7.78. The number of hydrogen-bond acceptors (Lipinski definition) is 4. The second-order valence-electron chi connectivity index (χ2n) is 7.81. The van der Waals surface area contributed by atoms with E-state index < -0.39 is 5.41 Å². The highest BCUT2D eigenvalue weighted by atomic mass is 16.6. The molecule has 0 radical (unpaired) electrons. The van der Waals surface area contributed by atoms with Crippen molar-refractivity contribution in [2.75, 3.05) is 23.8 Å². The number of ether oxygens (including phenoxy) is 2. The highest BCUT2D eigenvalue weighted by Gasteiger charge is 2.43. The molecule has 152 valence electrons. The first-order chi connectivity index (χ1) is 14.0. The molecule has 29 heavy (non-hydrogen) atoms. The molecule has 1 aliphatic heterocycles. The van der Waals surface area contributed by atoms with Crippen LogP contribution in [0.5, 0.6) is 11.5 Å². The molecule has 0 bridgehead atoms. The highest BCUT2D eigenvalue weighted by molar-refractivity contribution is 6.00. The summed E-state index contributed by atoms with van der Waals surface area (Å²) in [6.07, 6.45) is 3.60. The van der Waals surface area contributed by atoms with Gasteiger partial charge in [-0.25, -0.2) is 0 Å². The molecule has 1 fully saturated rings. The summed E-state index contributed by atoms with van der Waals surface area (Å²) in [5.41, 5.74) is 2.70. The Morgan fingerprint density at radius 2 is 1.66 bits per heavy atom. The number of carbonyl (C=O) groups excluding carboxylic acids is 2. The van der Waals surface area contributed by atoms with Crippen molar-refractivity contribution in [2.24, 2.45) is 0 Å². The van der Waals surface area contributed by atoms with Crippen molar-refractivity contribution in [3.63, 3.8) is 0 Å². The predicted octanol–water partition coefficient (Wildman–Crippen LogP) is 4.18. The van der Waals surface area contributed by atoms with Crippen LogP contribution in [0.1, 0.15) is 43.7 Å². The van der Waals surface area contributed by atoms with Crippen molar-refractivity contribution in [1.82, 2.24) is 0 Å². The zero-order valence-corrected chi connectivity index (χ0v) is 16.8. The maximum Gasteiger partial charge on any atom is 0.235 e. The maximum atomic E-state index is 13.5. The van der Waals surface area contributed by atoms with Crippen LogP contribution in [0, 0.1) is 6.92 Å². The minimum atomic E-state index is -0.588. The maximum absolute atomic E-state index is 13.5. The molecular formula is C23H26N2O4. The van der Waals surface area contributed by atoms with Gasteiger partial charge < -0.3 is 20.1 Å². The van der Waals surface area contributed by atoms with Crippen LogP contribution in [-0.4, -0.2) is 25.0 Å². The lowest BCUT2D eigenvalue weighted by atomic mass is 9.77. The zero-order valence-electron chi connectivity index (χ0n) is 16.8. The molecule has 1 aliphatic carbocycles. The van der Waals surface area contributed by atoms with Crippen LogP contribution < -0.4 is 20.1 Å². The summed E-state index contributed by atoms with van der Waals surface area (Å²) in [7, 11) is 0. The van der Waals surface area contributed by atoms with E-state index in [2.05, 4.69) is 10.6 Å². The Balaban J connectivity index is 1.62. The summed E-state index contributed by atoms with van der Waals surface area (Å²) < 4.78 is 11.4. The van der Waals surface area contributed by atoms with Crippen molar-refractivity contribution in [2.45, 2.75) is 44.9 Å². The minimum absolute atomic E-state index is 0.0238. The van der Waals surface area contributed by atoms with Gasteiger partial charge in [-0.3, -0.25) is 9.59 Å². The fourth-order valence-electron chi connectivity index (χ4n) is 4.24. The third kappa shape index (κ3) is 3.79. The molecule has 2 N–H and O–H groups in total. The first kappa shape index (κ1) is 19.3. The van der Waals surface area contributed by atoms with E-state index in [1.807, 2.05) is 37.3 Å². The third-order valence-electron chi connectivity index (χ3n) is 5.79. The molecule has 1 heterocycles. The van der Waals surface area contributed by atoms with Crippen LogP contribution in [0.2, 0.25) is 0 Å². The number of hydrogen-bond donors (Lipinski definition) is 2. The number of carbonyl (C=O) groups is 2. The van der Waals surface area contributed by atoms with E-state index in [9.17, 15) is 9.59 Å². The van der Waals surface area contributed by atoms with Gasteiger partial charge in [0.15, 0.2) is 11.5 Å². The van der Waals surface area contributed by atoms with Gasteiger partial charge in [0.1, 0.15) is 13.2 Å². The lowest BCUT2D eigenvalue weighted by Gasteiger charge is -2.30. The minimum Gasteiger partial charge on any atom is -0.486 e. The van der Waals surface area contributed by atoms with Crippen LogP contribution in [0.3, 0.4) is 0 Å². The van der Waals surface area contributed by atoms with Crippen molar-refractivity contribution in [3.8, 4) is 11.5 Å². The number of rotatable bonds is 4. The van der Waals surface area contributed by atoms with E-state index in [1.165, 1.54) is 6.92 Å². The molecule has 0 unspecified atom stereocenters. The van der Waals surface area contributed by atoms with Crippen LogP contribution in [0.4, 0.5) is 11.4 Å².